The van der Waals surface area contributed by atoms with Gasteiger partial charge in [0.25, 0.3) is 0 Å². The predicted octanol–water partition coefficient (Wildman–Crippen LogP) is 3.37. The fourth-order valence-electron chi connectivity index (χ4n) is 4.11. The summed E-state index contributed by atoms with van der Waals surface area (Å²) in [4.78, 5) is 11.9. The predicted molar refractivity (Wildman–Crippen MR) is 131 cm³/mol. The first kappa shape index (κ1) is 22.8. The monoisotopic (exact) mass is 447 g/mol. The zero-order chi connectivity index (χ0) is 22.9. The topological polar surface area (TPSA) is 90.5 Å². The van der Waals surface area contributed by atoms with Crippen molar-refractivity contribution in [2.24, 2.45) is 4.99 Å². The molecule has 1 atom stereocenters. The highest BCUT2D eigenvalue weighted by Gasteiger charge is 2.23. The molecule has 1 fully saturated rings. The molecule has 0 radical (unpaired) electrons. The van der Waals surface area contributed by atoms with Gasteiger partial charge in [-0.3, -0.25) is 10.00 Å². The van der Waals surface area contributed by atoms with Crippen LogP contribution in [-0.4, -0.2) is 59.3 Å². The number of nitrogens with zero attached hydrogens (tertiary/aromatic N) is 4. The molecule has 8 heteroatoms. The van der Waals surface area contributed by atoms with Crippen LogP contribution in [0.1, 0.15) is 37.2 Å². The molecule has 1 unspecified atom stereocenters. The summed E-state index contributed by atoms with van der Waals surface area (Å²) in [5, 5.41) is 14.2. The molecule has 0 spiro atoms. The molecular formula is C25H33N7O. The Morgan fingerprint density at radius 3 is 2.55 bits per heavy atom. The molecule has 1 saturated heterocycles. The van der Waals surface area contributed by atoms with Crippen LogP contribution in [0.25, 0.3) is 11.4 Å². The molecule has 3 aromatic rings. The Hall–Kier alpha value is -3.39. The quantitative estimate of drug-likeness (QED) is 0.344. The fraction of sp³-hybridized carbons (Fsp3) is 0.400. The van der Waals surface area contributed by atoms with Gasteiger partial charge in [0.2, 0.25) is 0 Å². The van der Waals surface area contributed by atoms with Gasteiger partial charge in [-0.1, -0.05) is 30.3 Å². The number of aromatic amines is 1. The standard InChI is InChI=1S/C25H33N7O/c1-3-26-25(27-17-22(32-15-7-8-16-32)19-9-5-4-6-10-19)28-18-23-29-24(31-30-23)20-11-13-21(33-2)14-12-20/h4-6,9-14,22H,3,7-8,15-18H2,1-2H3,(H2,26,27,28)(H,29,30,31). The van der Waals surface area contributed by atoms with Crippen molar-refractivity contribution in [1.29, 1.82) is 0 Å². The van der Waals surface area contributed by atoms with Crippen molar-refractivity contribution in [1.82, 2.24) is 30.7 Å². The number of rotatable bonds is 9. The molecule has 0 bridgehead atoms. The van der Waals surface area contributed by atoms with Crippen LogP contribution in [0.3, 0.4) is 0 Å². The third-order valence-electron chi connectivity index (χ3n) is 5.84. The van der Waals surface area contributed by atoms with Crippen molar-refractivity contribution in [2.75, 3.05) is 33.3 Å². The molecule has 3 N–H and O–H groups in total. The van der Waals surface area contributed by atoms with Gasteiger partial charge in [-0.2, -0.15) is 5.10 Å². The smallest absolute Gasteiger partial charge is 0.191 e. The van der Waals surface area contributed by atoms with Gasteiger partial charge in [0.1, 0.15) is 18.1 Å². The first-order valence-corrected chi connectivity index (χ1v) is 11.6. The van der Waals surface area contributed by atoms with E-state index in [0.717, 1.165) is 49.3 Å². The second kappa shape index (κ2) is 11.5. The minimum absolute atomic E-state index is 0.324. The molecule has 0 aliphatic carbocycles. The van der Waals surface area contributed by atoms with Crippen LogP contribution in [0.15, 0.2) is 59.6 Å². The van der Waals surface area contributed by atoms with Gasteiger partial charge < -0.3 is 15.4 Å². The maximum Gasteiger partial charge on any atom is 0.191 e. The largest absolute Gasteiger partial charge is 0.497 e. The second-order valence-electron chi connectivity index (χ2n) is 8.08. The van der Waals surface area contributed by atoms with E-state index in [1.807, 2.05) is 24.3 Å². The Balaban J connectivity index is 1.41. The van der Waals surface area contributed by atoms with E-state index in [0.29, 0.717) is 18.4 Å². The van der Waals surface area contributed by atoms with Gasteiger partial charge in [-0.25, -0.2) is 9.98 Å². The first-order valence-electron chi connectivity index (χ1n) is 11.6. The molecule has 174 valence electrons. The molecule has 33 heavy (non-hydrogen) atoms. The number of aromatic nitrogens is 3. The molecule has 1 aromatic heterocycles. The Labute approximate surface area is 195 Å². The van der Waals surface area contributed by atoms with Crippen molar-refractivity contribution in [3.63, 3.8) is 0 Å². The molecule has 2 aromatic carbocycles. The summed E-state index contributed by atoms with van der Waals surface area (Å²) in [6.07, 6.45) is 2.53. The Morgan fingerprint density at radius 1 is 1.09 bits per heavy atom. The van der Waals surface area contributed by atoms with Crippen molar-refractivity contribution in [3.05, 3.63) is 66.0 Å². The fourth-order valence-corrected chi connectivity index (χ4v) is 4.11. The molecule has 2 heterocycles. The number of guanidine groups is 1. The zero-order valence-corrected chi connectivity index (χ0v) is 19.4. The van der Waals surface area contributed by atoms with Crippen molar-refractivity contribution >= 4 is 5.96 Å². The van der Waals surface area contributed by atoms with Crippen molar-refractivity contribution in [3.8, 4) is 17.1 Å². The van der Waals surface area contributed by atoms with Gasteiger partial charge in [0.05, 0.1) is 13.2 Å². The molecule has 0 amide bonds. The summed E-state index contributed by atoms with van der Waals surface area (Å²) < 4.78 is 5.22. The number of hydrogen-bond acceptors (Lipinski definition) is 5. The van der Waals surface area contributed by atoms with E-state index in [9.17, 15) is 0 Å². The van der Waals surface area contributed by atoms with Crippen LogP contribution in [0.5, 0.6) is 5.75 Å². The number of nitrogens with one attached hydrogen (secondary N) is 3. The minimum Gasteiger partial charge on any atom is -0.497 e. The van der Waals surface area contributed by atoms with Crippen LogP contribution in [0, 0.1) is 0 Å². The van der Waals surface area contributed by atoms with Crippen LogP contribution in [-0.2, 0) is 6.54 Å². The highest BCUT2D eigenvalue weighted by molar-refractivity contribution is 5.79. The number of likely N-dealkylation sites (tertiary alicyclic amines) is 1. The summed E-state index contributed by atoms with van der Waals surface area (Å²) in [7, 11) is 1.65. The van der Waals surface area contributed by atoms with Gasteiger partial charge in [0, 0.05) is 18.7 Å². The van der Waals surface area contributed by atoms with Gasteiger partial charge >= 0.3 is 0 Å². The van der Waals surface area contributed by atoms with Crippen LogP contribution < -0.4 is 15.4 Å². The van der Waals surface area contributed by atoms with Crippen molar-refractivity contribution in [2.45, 2.75) is 32.4 Å². The molecule has 0 saturated carbocycles. The van der Waals surface area contributed by atoms with Crippen LogP contribution in [0.2, 0.25) is 0 Å². The molecule has 1 aliphatic heterocycles. The number of aliphatic imine (C=N–C) groups is 1. The first-order chi connectivity index (χ1) is 16.3. The average molecular weight is 448 g/mol. The maximum absolute atomic E-state index is 5.22. The normalized spacial score (nSPS) is 15.4. The van der Waals surface area contributed by atoms with Gasteiger partial charge in [-0.15, -0.1) is 0 Å². The van der Waals surface area contributed by atoms with E-state index < -0.39 is 0 Å². The SMILES string of the molecule is CCNC(=NCc1nc(-c2ccc(OC)cc2)n[nH]1)NCC(c1ccccc1)N1CCCC1. The summed E-state index contributed by atoms with van der Waals surface area (Å²) in [5.41, 5.74) is 2.27. The number of hydrogen-bond donors (Lipinski definition) is 3. The average Bonchev–Trinajstić information content (AvgIpc) is 3.56. The number of ether oxygens (including phenoxy) is 1. The number of benzene rings is 2. The zero-order valence-electron chi connectivity index (χ0n) is 19.4. The highest BCUT2D eigenvalue weighted by atomic mass is 16.5. The minimum atomic E-state index is 0.324. The number of H-pyrrole nitrogens is 1. The lowest BCUT2D eigenvalue weighted by molar-refractivity contribution is 0.245. The molecule has 8 nitrogen and oxygen atoms in total. The Kier molecular flexibility index (Phi) is 7.92. The lowest BCUT2D eigenvalue weighted by atomic mass is 10.1. The maximum atomic E-state index is 5.22. The third kappa shape index (κ3) is 6.10. The van der Waals surface area contributed by atoms with E-state index in [1.54, 1.807) is 7.11 Å². The van der Waals surface area contributed by atoms with E-state index in [1.165, 1.54) is 18.4 Å². The number of methoxy groups -OCH3 is 1. The summed E-state index contributed by atoms with van der Waals surface area (Å²) in [6, 6.07) is 18.7. The summed E-state index contributed by atoms with van der Waals surface area (Å²) in [6.45, 7) is 6.35. The lowest BCUT2D eigenvalue weighted by Crippen LogP contribution is -2.42. The Bertz CT molecular complexity index is 1010. The van der Waals surface area contributed by atoms with E-state index in [-0.39, 0.29) is 0 Å². The summed E-state index contributed by atoms with van der Waals surface area (Å²) >= 11 is 0. The van der Waals surface area contributed by atoms with E-state index in [2.05, 4.69) is 68.0 Å². The summed E-state index contributed by atoms with van der Waals surface area (Å²) in [5.74, 6) is 2.96. The van der Waals surface area contributed by atoms with Crippen LogP contribution in [0.4, 0.5) is 0 Å². The van der Waals surface area contributed by atoms with Gasteiger partial charge in [0.15, 0.2) is 11.8 Å². The van der Waals surface area contributed by atoms with Gasteiger partial charge in [-0.05, 0) is 62.7 Å². The molecule has 4 rings (SSSR count). The highest BCUT2D eigenvalue weighted by Crippen LogP contribution is 2.24. The lowest BCUT2D eigenvalue weighted by Gasteiger charge is -2.29. The molecular weight excluding hydrogens is 414 g/mol. The molecule has 1 aliphatic rings. The van der Waals surface area contributed by atoms with E-state index >= 15 is 0 Å². The van der Waals surface area contributed by atoms with Crippen molar-refractivity contribution < 1.29 is 4.74 Å². The Morgan fingerprint density at radius 2 is 1.85 bits per heavy atom. The second-order valence-corrected chi connectivity index (χ2v) is 8.08. The van der Waals surface area contributed by atoms with Crippen LogP contribution >= 0.6 is 0 Å². The van der Waals surface area contributed by atoms with E-state index in [4.69, 9.17) is 9.73 Å². The third-order valence-corrected chi connectivity index (χ3v) is 5.84.